The Kier molecular flexibility index (Phi) is 6.14. The van der Waals surface area contributed by atoms with Crippen molar-refractivity contribution < 1.29 is 9.59 Å². The van der Waals surface area contributed by atoms with Crippen LogP contribution >= 0.6 is 23.1 Å². The largest absolute Gasteiger partial charge is 0.338 e. The molecular formula is C14H18N4O2S2. The van der Waals surface area contributed by atoms with Crippen molar-refractivity contribution in [3.8, 4) is 0 Å². The second kappa shape index (κ2) is 8.09. The predicted molar refractivity (Wildman–Crippen MR) is 89.3 cm³/mol. The molecule has 22 heavy (non-hydrogen) atoms. The summed E-state index contributed by atoms with van der Waals surface area (Å²) in [6.45, 7) is 4.59. The van der Waals surface area contributed by atoms with Crippen molar-refractivity contribution in [2.75, 3.05) is 12.3 Å². The zero-order chi connectivity index (χ0) is 15.9. The van der Waals surface area contributed by atoms with Gasteiger partial charge >= 0.3 is 6.03 Å². The number of thioether (sulfide) groups is 1. The van der Waals surface area contributed by atoms with Gasteiger partial charge in [-0.15, -0.1) is 11.3 Å². The molecule has 2 rings (SSSR count). The number of imide groups is 1. The average Bonchev–Trinajstić information content (AvgIpc) is 2.94. The number of aryl methyl sites for hydroxylation is 1. The van der Waals surface area contributed by atoms with Crippen LogP contribution in [0.3, 0.4) is 0 Å². The molecule has 2 N–H and O–H groups in total. The van der Waals surface area contributed by atoms with Crippen LogP contribution in [0.5, 0.6) is 0 Å². The maximum atomic E-state index is 11.8. The normalized spacial score (nSPS) is 10.6. The maximum absolute atomic E-state index is 11.8. The first-order valence-electron chi connectivity index (χ1n) is 7.08. The van der Waals surface area contributed by atoms with E-state index in [-0.39, 0.29) is 11.7 Å². The fourth-order valence-corrected chi connectivity index (χ4v) is 3.52. The van der Waals surface area contributed by atoms with Gasteiger partial charge in [0, 0.05) is 16.8 Å². The zero-order valence-corrected chi connectivity index (χ0v) is 14.1. The lowest BCUT2D eigenvalue weighted by molar-refractivity contribution is -0.117. The van der Waals surface area contributed by atoms with Crippen molar-refractivity contribution in [3.63, 3.8) is 0 Å². The van der Waals surface area contributed by atoms with E-state index in [0.29, 0.717) is 6.54 Å². The lowest BCUT2D eigenvalue weighted by Crippen LogP contribution is -2.40. The smallest absolute Gasteiger partial charge is 0.321 e. The van der Waals surface area contributed by atoms with Crippen LogP contribution in [-0.2, 0) is 11.2 Å². The molecule has 2 heterocycles. The number of rotatable bonds is 6. The second-order valence-corrected chi connectivity index (χ2v) is 6.64. The fourth-order valence-electron chi connectivity index (χ4n) is 1.75. The van der Waals surface area contributed by atoms with Crippen LogP contribution in [0, 0.1) is 0 Å². The Labute approximate surface area is 137 Å². The topological polar surface area (TPSA) is 84.0 Å². The number of nitrogens with zero attached hydrogens (tertiary/aromatic N) is 2. The van der Waals surface area contributed by atoms with E-state index in [1.807, 2.05) is 6.92 Å². The minimum absolute atomic E-state index is 0.142. The highest BCUT2D eigenvalue weighted by molar-refractivity contribution is 8.00. The van der Waals surface area contributed by atoms with E-state index in [1.54, 1.807) is 11.3 Å². The highest BCUT2D eigenvalue weighted by Crippen LogP contribution is 2.30. The third kappa shape index (κ3) is 4.41. The Balaban J connectivity index is 1.95. The standard InChI is InChI=1S/C14H18N4O2S2/c1-3-5-15-14(20)18-11(19)7-21-12-10-6-9(4-2)22-13(10)17-8-16-12/h6,8H,3-5,7H2,1-2H3,(H2,15,18,19,20). The molecule has 2 aromatic heterocycles. The van der Waals surface area contributed by atoms with Gasteiger partial charge in [0.05, 0.1) is 5.75 Å². The number of thiophene rings is 1. The predicted octanol–water partition coefficient (Wildman–Crippen LogP) is 2.58. The van der Waals surface area contributed by atoms with Crippen LogP contribution < -0.4 is 10.6 Å². The Hall–Kier alpha value is -1.67. The van der Waals surface area contributed by atoms with Gasteiger partial charge in [0.1, 0.15) is 16.2 Å². The summed E-state index contributed by atoms with van der Waals surface area (Å²) >= 11 is 2.95. The number of hydrogen-bond donors (Lipinski definition) is 2. The van der Waals surface area contributed by atoms with Crippen LogP contribution in [0.1, 0.15) is 25.1 Å². The van der Waals surface area contributed by atoms with Crippen LogP contribution in [0.15, 0.2) is 17.4 Å². The number of carbonyl (C=O) groups is 2. The minimum atomic E-state index is -0.455. The number of fused-ring (bicyclic) bond motifs is 1. The van der Waals surface area contributed by atoms with Gasteiger partial charge in [0.2, 0.25) is 5.91 Å². The van der Waals surface area contributed by atoms with Gasteiger partial charge in [0.15, 0.2) is 0 Å². The molecule has 0 aliphatic carbocycles. The summed E-state index contributed by atoms with van der Waals surface area (Å²) in [7, 11) is 0. The van der Waals surface area contributed by atoms with Gasteiger partial charge in [-0.1, -0.05) is 25.6 Å². The summed E-state index contributed by atoms with van der Waals surface area (Å²) in [5, 5.41) is 6.64. The Morgan fingerprint density at radius 2 is 2.14 bits per heavy atom. The second-order valence-electron chi connectivity index (χ2n) is 4.56. The summed E-state index contributed by atoms with van der Waals surface area (Å²) in [5.74, 6) is -0.195. The van der Waals surface area contributed by atoms with E-state index >= 15 is 0 Å². The molecule has 0 aliphatic heterocycles. The summed E-state index contributed by atoms with van der Waals surface area (Å²) in [6.07, 6.45) is 3.28. The summed E-state index contributed by atoms with van der Waals surface area (Å²) in [5.41, 5.74) is 0. The molecule has 0 bridgehead atoms. The van der Waals surface area contributed by atoms with Crippen molar-refractivity contribution >= 4 is 45.3 Å². The molecule has 0 aliphatic rings. The molecule has 6 nitrogen and oxygen atoms in total. The van der Waals surface area contributed by atoms with Gasteiger partial charge in [0.25, 0.3) is 0 Å². The van der Waals surface area contributed by atoms with E-state index in [2.05, 4.69) is 33.6 Å². The van der Waals surface area contributed by atoms with Gasteiger partial charge < -0.3 is 5.32 Å². The van der Waals surface area contributed by atoms with Crippen LogP contribution in [-0.4, -0.2) is 34.2 Å². The van der Waals surface area contributed by atoms with E-state index in [1.165, 1.54) is 23.0 Å². The van der Waals surface area contributed by atoms with Crippen molar-refractivity contribution in [2.45, 2.75) is 31.7 Å². The fraction of sp³-hybridized carbons (Fsp3) is 0.429. The third-order valence-corrected chi connectivity index (χ3v) is 5.01. The Morgan fingerprint density at radius 1 is 1.32 bits per heavy atom. The number of nitrogens with one attached hydrogen (secondary N) is 2. The first kappa shape index (κ1) is 16.7. The summed E-state index contributed by atoms with van der Waals surface area (Å²) < 4.78 is 0. The number of urea groups is 1. The quantitative estimate of drug-likeness (QED) is 0.625. The van der Waals surface area contributed by atoms with E-state index < -0.39 is 6.03 Å². The average molecular weight is 338 g/mol. The molecule has 0 radical (unpaired) electrons. The number of carbonyl (C=O) groups excluding carboxylic acids is 2. The molecule has 0 spiro atoms. The Morgan fingerprint density at radius 3 is 2.86 bits per heavy atom. The first-order chi connectivity index (χ1) is 10.6. The summed E-state index contributed by atoms with van der Waals surface area (Å²) in [6, 6.07) is 1.61. The zero-order valence-electron chi connectivity index (χ0n) is 12.5. The van der Waals surface area contributed by atoms with Gasteiger partial charge in [-0.2, -0.15) is 0 Å². The molecule has 3 amide bonds. The van der Waals surface area contributed by atoms with Crippen LogP contribution in [0.2, 0.25) is 0 Å². The SMILES string of the molecule is CCCNC(=O)NC(=O)CSc1ncnc2sc(CC)cc12. The molecule has 0 fully saturated rings. The van der Waals surface area contributed by atoms with Gasteiger partial charge in [-0.25, -0.2) is 14.8 Å². The highest BCUT2D eigenvalue weighted by atomic mass is 32.2. The van der Waals surface area contributed by atoms with Crippen LogP contribution in [0.4, 0.5) is 4.79 Å². The lowest BCUT2D eigenvalue weighted by atomic mass is 10.3. The van der Waals surface area contributed by atoms with Crippen molar-refractivity contribution in [1.82, 2.24) is 20.6 Å². The molecule has 0 saturated heterocycles. The maximum Gasteiger partial charge on any atom is 0.321 e. The molecule has 0 atom stereocenters. The number of amides is 3. The molecule has 8 heteroatoms. The van der Waals surface area contributed by atoms with Gasteiger partial charge in [-0.05, 0) is 18.9 Å². The molecule has 0 aromatic carbocycles. The Bertz CT molecular complexity index is 672. The van der Waals surface area contributed by atoms with Crippen molar-refractivity contribution in [1.29, 1.82) is 0 Å². The molecular weight excluding hydrogens is 320 g/mol. The van der Waals surface area contributed by atoms with E-state index in [9.17, 15) is 9.59 Å². The monoisotopic (exact) mass is 338 g/mol. The molecule has 118 valence electrons. The molecule has 2 aromatic rings. The third-order valence-electron chi connectivity index (χ3n) is 2.82. The number of hydrogen-bond acceptors (Lipinski definition) is 6. The van der Waals surface area contributed by atoms with Gasteiger partial charge in [-0.3, -0.25) is 10.1 Å². The molecule has 0 unspecified atom stereocenters. The molecule has 0 saturated carbocycles. The van der Waals surface area contributed by atoms with Crippen LogP contribution in [0.25, 0.3) is 10.2 Å². The first-order valence-corrected chi connectivity index (χ1v) is 8.88. The van der Waals surface area contributed by atoms with Crippen molar-refractivity contribution in [2.24, 2.45) is 0 Å². The van der Waals surface area contributed by atoms with E-state index in [0.717, 1.165) is 28.1 Å². The highest BCUT2D eigenvalue weighted by Gasteiger charge is 2.12. The summed E-state index contributed by atoms with van der Waals surface area (Å²) in [4.78, 5) is 33.8. The van der Waals surface area contributed by atoms with Crippen molar-refractivity contribution in [3.05, 3.63) is 17.3 Å². The lowest BCUT2D eigenvalue weighted by Gasteiger charge is -2.05. The van der Waals surface area contributed by atoms with E-state index in [4.69, 9.17) is 0 Å². The minimum Gasteiger partial charge on any atom is -0.338 e. The number of aromatic nitrogens is 2.